The zero-order chi connectivity index (χ0) is 18.9. The minimum Gasteiger partial charge on any atom is -0.325 e. The van der Waals surface area contributed by atoms with Gasteiger partial charge in [-0.2, -0.15) is 8.42 Å². The highest BCUT2D eigenvalue weighted by Gasteiger charge is 2.36. The number of carbonyl (C=O) groups excluding carboxylic acids is 1. The topological polar surface area (TPSA) is 75.7 Å². The molecule has 1 amide bonds. The molecule has 1 aromatic rings. The number of amides is 1. The van der Waals surface area contributed by atoms with Crippen molar-refractivity contribution in [2.45, 2.75) is 25.6 Å². The molecule has 140 valence electrons. The molecule has 1 aliphatic rings. The molecule has 2 rings (SSSR count). The lowest BCUT2D eigenvalue weighted by Gasteiger charge is -2.19. The fourth-order valence-corrected chi connectivity index (χ4v) is 3.07. The number of nitrogens with one attached hydrogen (secondary N) is 1. The molecule has 0 saturated heterocycles. The number of likely N-dealkylation sites (N-methyl/N-ethyl adjacent to an activating group) is 1. The lowest BCUT2D eigenvalue weighted by atomic mass is 10.1. The van der Waals surface area contributed by atoms with Crippen molar-refractivity contribution in [2.75, 3.05) is 32.3 Å². The lowest BCUT2D eigenvalue weighted by Crippen LogP contribution is -2.37. The minimum atomic E-state index is -3.70. The maximum Gasteiger partial charge on any atom is 0.264 e. The summed E-state index contributed by atoms with van der Waals surface area (Å²) in [6, 6.07) is 2.10. The van der Waals surface area contributed by atoms with Crippen LogP contribution in [0.2, 0.25) is 0 Å². The first kappa shape index (κ1) is 19.7. The van der Waals surface area contributed by atoms with Crippen molar-refractivity contribution in [2.24, 2.45) is 5.92 Å². The fraction of sp³-hybridized carbons (Fsp3) is 0.562. The van der Waals surface area contributed by atoms with Crippen LogP contribution in [0.15, 0.2) is 12.1 Å². The predicted octanol–water partition coefficient (Wildman–Crippen LogP) is 1.87. The highest BCUT2D eigenvalue weighted by Crippen LogP contribution is 2.42. The summed E-state index contributed by atoms with van der Waals surface area (Å²) in [5.74, 6) is -1.75. The summed E-state index contributed by atoms with van der Waals surface area (Å²) in [4.78, 5) is 13.8. The maximum atomic E-state index is 14.6. The monoisotopic (exact) mass is 376 g/mol. The highest BCUT2D eigenvalue weighted by molar-refractivity contribution is 7.85. The molecule has 0 aromatic heterocycles. The molecule has 0 bridgehead atoms. The van der Waals surface area contributed by atoms with Gasteiger partial charge in [0, 0.05) is 11.6 Å². The van der Waals surface area contributed by atoms with Crippen LogP contribution in [-0.2, 0) is 25.5 Å². The van der Waals surface area contributed by atoms with Gasteiger partial charge in [-0.05, 0) is 50.7 Å². The summed E-state index contributed by atoms with van der Waals surface area (Å²) in [7, 11) is -0.229. The summed E-state index contributed by atoms with van der Waals surface area (Å²) < 4.78 is 55.6. The normalized spacial score (nSPS) is 21.2. The van der Waals surface area contributed by atoms with Crippen molar-refractivity contribution < 1.29 is 26.2 Å². The fourth-order valence-electron chi connectivity index (χ4n) is 2.65. The second-order valence-electron chi connectivity index (χ2n) is 6.51. The van der Waals surface area contributed by atoms with Crippen LogP contribution in [0.25, 0.3) is 0 Å². The number of halogens is 2. The van der Waals surface area contributed by atoms with Crippen molar-refractivity contribution in [3.8, 4) is 0 Å². The number of benzene rings is 1. The first-order valence-corrected chi connectivity index (χ1v) is 9.59. The Kier molecular flexibility index (Phi) is 5.80. The third-order valence-corrected chi connectivity index (χ3v) is 4.89. The van der Waals surface area contributed by atoms with Crippen molar-refractivity contribution in [1.29, 1.82) is 0 Å². The predicted molar refractivity (Wildman–Crippen MR) is 90.0 cm³/mol. The zero-order valence-electron chi connectivity index (χ0n) is 14.5. The highest BCUT2D eigenvalue weighted by atomic mass is 32.2. The number of alkyl halides is 1. The van der Waals surface area contributed by atoms with E-state index < -0.39 is 34.1 Å². The molecule has 0 spiro atoms. The standard InChI is InChI=1S/C16H22F2N2O4S/c1-9(20(2)3)16(21)19-11-6-13-12(14(17)7-11)5-10(15(13)18)8-24-25(4,22)23/h6-7,9-10,15H,5,8H2,1-4H3,(H,19,21)/t9-,10?,15?/m1/s1. The first-order valence-electron chi connectivity index (χ1n) is 7.77. The SMILES string of the molecule is C[C@H](C(=O)Nc1cc(F)c2c(c1)C(F)C(COS(C)(=O)=O)C2)N(C)C. The summed E-state index contributed by atoms with van der Waals surface area (Å²) in [5, 5.41) is 2.57. The van der Waals surface area contributed by atoms with E-state index in [1.807, 2.05) is 0 Å². The molecule has 0 aliphatic heterocycles. The maximum absolute atomic E-state index is 14.6. The van der Waals surface area contributed by atoms with Crippen LogP contribution in [0.1, 0.15) is 24.2 Å². The van der Waals surface area contributed by atoms with E-state index in [0.717, 1.165) is 12.3 Å². The van der Waals surface area contributed by atoms with Gasteiger partial charge in [-0.1, -0.05) is 0 Å². The van der Waals surface area contributed by atoms with Gasteiger partial charge in [0.1, 0.15) is 12.0 Å². The number of hydrogen-bond donors (Lipinski definition) is 1. The van der Waals surface area contributed by atoms with Crippen LogP contribution in [0, 0.1) is 11.7 Å². The van der Waals surface area contributed by atoms with Crippen LogP contribution in [-0.4, -0.2) is 52.2 Å². The van der Waals surface area contributed by atoms with Gasteiger partial charge in [0.25, 0.3) is 10.1 Å². The van der Waals surface area contributed by atoms with Crippen molar-refractivity contribution in [1.82, 2.24) is 4.90 Å². The van der Waals surface area contributed by atoms with Crippen LogP contribution in [0.5, 0.6) is 0 Å². The van der Waals surface area contributed by atoms with E-state index in [9.17, 15) is 22.0 Å². The lowest BCUT2D eigenvalue weighted by molar-refractivity contribution is -0.119. The van der Waals surface area contributed by atoms with E-state index >= 15 is 0 Å². The Labute approximate surface area is 146 Å². The van der Waals surface area contributed by atoms with Crippen molar-refractivity contribution in [3.63, 3.8) is 0 Å². The van der Waals surface area contributed by atoms with Gasteiger partial charge >= 0.3 is 0 Å². The number of nitrogens with zero attached hydrogens (tertiary/aromatic N) is 1. The average molecular weight is 376 g/mol. The summed E-state index contributed by atoms with van der Waals surface area (Å²) in [5.41, 5.74) is 0.477. The van der Waals surface area contributed by atoms with Crippen molar-refractivity contribution in [3.05, 3.63) is 29.1 Å². The molecule has 0 heterocycles. The Balaban J connectivity index is 2.18. The van der Waals surface area contributed by atoms with E-state index in [-0.39, 0.29) is 35.7 Å². The van der Waals surface area contributed by atoms with E-state index in [4.69, 9.17) is 0 Å². The second kappa shape index (κ2) is 7.35. The van der Waals surface area contributed by atoms with Gasteiger partial charge in [0.05, 0.1) is 18.9 Å². The van der Waals surface area contributed by atoms with Gasteiger partial charge < -0.3 is 5.32 Å². The van der Waals surface area contributed by atoms with E-state index in [2.05, 4.69) is 9.50 Å². The molecular weight excluding hydrogens is 354 g/mol. The molecule has 9 heteroatoms. The molecular formula is C16H22F2N2O4S. The number of hydrogen-bond acceptors (Lipinski definition) is 5. The van der Waals surface area contributed by atoms with Crippen LogP contribution in [0.4, 0.5) is 14.5 Å². The zero-order valence-corrected chi connectivity index (χ0v) is 15.4. The Hall–Kier alpha value is -1.58. The molecule has 0 fully saturated rings. The molecule has 25 heavy (non-hydrogen) atoms. The molecule has 0 saturated carbocycles. The third kappa shape index (κ3) is 4.74. The molecule has 6 nitrogen and oxygen atoms in total. The Morgan fingerprint density at radius 1 is 1.44 bits per heavy atom. The Morgan fingerprint density at radius 2 is 2.08 bits per heavy atom. The number of carbonyl (C=O) groups is 1. The van der Waals surface area contributed by atoms with Crippen molar-refractivity contribution >= 4 is 21.7 Å². The first-order chi connectivity index (χ1) is 11.5. The van der Waals surface area contributed by atoms with Gasteiger partial charge in [0.2, 0.25) is 5.91 Å². The number of rotatable bonds is 6. The summed E-state index contributed by atoms with van der Waals surface area (Å²) >= 11 is 0. The van der Waals surface area contributed by atoms with Gasteiger partial charge in [0.15, 0.2) is 0 Å². The van der Waals surface area contributed by atoms with Crippen LogP contribution < -0.4 is 5.32 Å². The Bertz CT molecular complexity index is 768. The molecule has 1 aliphatic carbocycles. The smallest absolute Gasteiger partial charge is 0.264 e. The average Bonchev–Trinajstić information content (AvgIpc) is 2.81. The molecule has 3 atom stereocenters. The van der Waals surface area contributed by atoms with E-state index in [1.54, 1.807) is 25.9 Å². The quantitative estimate of drug-likeness (QED) is 0.767. The molecule has 0 radical (unpaired) electrons. The van der Waals surface area contributed by atoms with Crippen LogP contribution in [0.3, 0.4) is 0 Å². The second-order valence-corrected chi connectivity index (χ2v) is 8.15. The third-order valence-electron chi connectivity index (χ3n) is 4.33. The van der Waals surface area contributed by atoms with E-state index in [0.29, 0.717) is 0 Å². The Morgan fingerprint density at radius 3 is 2.64 bits per heavy atom. The number of fused-ring (bicyclic) bond motifs is 1. The largest absolute Gasteiger partial charge is 0.325 e. The summed E-state index contributed by atoms with van der Waals surface area (Å²) in [6.45, 7) is 1.34. The van der Waals surface area contributed by atoms with Gasteiger partial charge in [-0.15, -0.1) is 0 Å². The molecule has 1 aromatic carbocycles. The van der Waals surface area contributed by atoms with Gasteiger partial charge in [-0.25, -0.2) is 8.78 Å². The van der Waals surface area contributed by atoms with Gasteiger partial charge in [-0.3, -0.25) is 13.9 Å². The van der Waals surface area contributed by atoms with Crippen LogP contribution >= 0.6 is 0 Å². The summed E-state index contributed by atoms with van der Waals surface area (Å²) in [6.07, 6.45) is -0.641. The minimum absolute atomic E-state index is 0.0418. The van der Waals surface area contributed by atoms with E-state index in [1.165, 1.54) is 6.07 Å². The number of anilines is 1. The molecule has 1 N–H and O–H groups in total. The molecule has 2 unspecified atom stereocenters.